The van der Waals surface area contributed by atoms with Crippen molar-refractivity contribution in [3.63, 3.8) is 0 Å². The first-order valence-electron chi connectivity index (χ1n) is 4.92. The highest BCUT2D eigenvalue weighted by atomic mass is 79.9. The SMILES string of the molecule is CSCCCCNc1cc(Br)ccc1Cl. The molecule has 0 fully saturated rings. The summed E-state index contributed by atoms with van der Waals surface area (Å²) >= 11 is 11.4. The average Bonchev–Trinajstić information content (AvgIpc) is 2.23. The molecule has 0 saturated carbocycles. The van der Waals surface area contributed by atoms with Gasteiger partial charge in [0.2, 0.25) is 0 Å². The first-order chi connectivity index (χ1) is 7.24. The molecule has 1 N–H and O–H groups in total. The van der Waals surface area contributed by atoms with Gasteiger partial charge in [-0.2, -0.15) is 11.8 Å². The zero-order valence-corrected chi connectivity index (χ0v) is 11.9. The molecule has 0 aliphatic heterocycles. The largest absolute Gasteiger partial charge is 0.384 e. The molecular formula is C11H15BrClNS. The Bertz CT molecular complexity index is 307. The van der Waals surface area contributed by atoms with Gasteiger partial charge in [-0.15, -0.1) is 0 Å². The maximum atomic E-state index is 6.05. The second-order valence-electron chi connectivity index (χ2n) is 3.25. The Kier molecular flexibility index (Phi) is 6.53. The minimum Gasteiger partial charge on any atom is -0.384 e. The molecule has 0 heterocycles. The topological polar surface area (TPSA) is 12.0 Å². The van der Waals surface area contributed by atoms with Gasteiger partial charge in [-0.05, 0) is 43.0 Å². The Morgan fingerprint density at radius 3 is 2.93 bits per heavy atom. The Morgan fingerprint density at radius 1 is 1.40 bits per heavy atom. The van der Waals surface area contributed by atoms with Crippen molar-refractivity contribution >= 4 is 45.0 Å². The van der Waals surface area contributed by atoms with Crippen molar-refractivity contribution in [1.29, 1.82) is 0 Å². The van der Waals surface area contributed by atoms with Crippen molar-refractivity contribution in [1.82, 2.24) is 0 Å². The van der Waals surface area contributed by atoms with E-state index < -0.39 is 0 Å². The highest BCUT2D eigenvalue weighted by Crippen LogP contribution is 2.25. The number of rotatable bonds is 6. The summed E-state index contributed by atoms with van der Waals surface area (Å²) in [5.74, 6) is 1.23. The van der Waals surface area contributed by atoms with Crippen LogP contribution in [-0.4, -0.2) is 18.6 Å². The number of thioether (sulfide) groups is 1. The van der Waals surface area contributed by atoms with Crippen LogP contribution in [0, 0.1) is 0 Å². The molecule has 0 saturated heterocycles. The van der Waals surface area contributed by atoms with Crippen LogP contribution in [0.2, 0.25) is 5.02 Å². The van der Waals surface area contributed by atoms with E-state index in [-0.39, 0.29) is 0 Å². The average molecular weight is 309 g/mol. The number of nitrogens with one attached hydrogen (secondary N) is 1. The second-order valence-corrected chi connectivity index (χ2v) is 5.56. The molecule has 0 bridgehead atoms. The zero-order chi connectivity index (χ0) is 11.1. The fourth-order valence-electron chi connectivity index (χ4n) is 1.23. The molecule has 1 aromatic carbocycles. The van der Waals surface area contributed by atoms with Crippen molar-refractivity contribution in [2.24, 2.45) is 0 Å². The second kappa shape index (κ2) is 7.42. The summed E-state index contributed by atoms with van der Waals surface area (Å²) in [6.45, 7) is 0.983. The quantitative estimate of drug-likeness (QED) is 0.767. The van der Waals surface area contributed by atoms with E-state index in [1.807, 2.05) is 30.0 Å². The van der Waals surface area contributed by atoms with Crippen molar-refractivity contribution in [3.8, 4) is 0 Å². The van der Waals surface area contributed by atoms with Crippen molar-refractivity contribution in [2.75, 3.05) is 23.9 Å². The summed E-state index contributed by atoms with van der Waals surface area (Å²) in [6.07, 6.45) is 4.57. The molecule has 15 heavy (non-hydrogen) atoms. The standard InChI is InChI=1S/C11H15BrClNS/c1-15-7-3-2-6-14-11-8-9(12)4-5-10(11)13/h4-5,8,14H,2-3,6-7H2,1H3. The molecule has 0 amide bonds. The highest BCUT2D eigenvalue weighted by molar-refractivity contribution is 9.10. The molecular weight excluding hydrogens is 294 g/mol. The van der Waals surface area contributed by atoms with Crippen LogP contribution in [0.5, 0.6) is 0 Å². The lowest BCUT2D eigenvalue weighted by Crippen LogP contribution is -2.02. The summed E-state index contributed by atoms with van der Waals surface area (Å²) in [7, 11) is 0. The van der Waals surface area contributed by atoms with E-state index in [0.717, 1.165) is 21.7 Å². The lowest BCUT2D eigenvalue weighted by molar-refractivity contribution is 0.843. The normalized spacial score (nSPS) is 10.3. The van der Waals surface area contributed by atoms with Crippen LogP contribution < -0.4 is 5.32 Å². The molecule has 0 radical (unpaired) electrons. The van der Waals surface area contributed by atoms with Crippen LogP contribution >= 0.6 is 39.3 Å². The van der Waals surface area contributed by atoms with Crippen LogP contribution in [0.15, 0.2) is 22.7 Å². The number of hydrogen-bond donors (Lipinski definition) is 1. The van der Waals surface area contributed by atoms with Gasteiger partial charge in [0.05, 0.1) is 10.7 Å². The van der Waals surface area contributed by atoms with E-state index in [4.69, 9.17) is 11.6 Å². The molecule has 4 heteroatoms. The summed E-state index contributed by atoms with van der Waals surface area (Å²) in [4.78, 5) is 0. The smallest absolute Gasteiger partial charge is 0.0638 e. The molecule has 0 aliphatic carbocycles. The molecule has 0 aromatic heterocycles. The molecule has 0 unspecified atom stereocenters. The fourth-order valence-corrected chi connectivity index (χ4v) is 2.27. The van der Waals surface area contributed by atoms with Crippen LogP contribution in [-0.2, 0) is 0 Å². The summed E-state index contributed by atoms with van der Waals surface area (Å²) in [6, 6.07) is 5.86. The van der Waals surface area contributed by atoms with Gasteiger partial charge < -0.3 is 5.32 Å². The third-order valence-electron chi connectivity index (χ3n) is 2.02. The van der Waals surface area contributed by atoms with Crippen LogP contribution in [0.3, 0.4) is 0 Å². The number of benzene rings is 1. The molecule has 1 rings (SSSR count). The first kappa shape index (κ1) is 13.2. The van der Waals surface area contributed by atoms with E-state index in [1.54, 1.807) is 0 Å². The predicted octanol–water partition coefficient (Wildman–Crippen LogP) is 4.66. The highest BCUT2D eigenvalue weighted by Gasteiger charge is 1.99. The molecule has 1 nitrogen and oxygen atoms in total. The third kappa shape index (κ3) is 5.14. The van der Waals surface area contributed by atoms with Crippen LogP contribution in [0.25, 0.3) is 0 Å². The summed E-state index contributed by atoms with van der Waals surface area (Å²) in [5.41, 5.74) is 1.01. The van der Waals surface area contributed by atoms with Gasteiger partial charge >= 0.3 is 0 Å². The Hall–Kier alpha value is 0.140. The maximum absolute atomic E-state index is 6.05. The maximum Gasteiger partial charge on any atom is 0.0638 e. The molecule has 1 aromatic rings. The predicted molar refractivity (Wildman–Crippen MR) is 75.3 cm³/mol. The van der Waals surface area contributed by atoms with E-state index in [9.17, 15) is 0 Å². The third-order valence-corrected chi connectivity index (χ3v) is 3.54. The Balaban J connectivity index is 2.33. The molecule has 0 atom stereocenters. The van der Waals surface area contributed by atoms with Crippen molar-refractivity contribution in [3.05, 3.63) is 27.7 Å². The van der Waals surface area contributed by atoms with Gasteiger partial charge in [-0.25, -0.2) is 0 Å². The number of hydrogen-bond acceptors (Lipinski definition) is 2. The van der Waals surface area contributed by atoms with Gasteiger partial charge in [0.1, 0.15) is 0 Å². The minimum absolute atomic E-state index is 0.781. The number of anilines is 1. The van der Waals surface area contributed by atoms with Gasteiger partial charge in [-0.3, -0.25) is 0 Å². The van der Waals surface area contributed by atoms with Crippen molar-refractivity contribution in [2.45, 2.75) is 12.8 Å². The van der Waals surface area contributed by atoms with Gasteiger partial charge in [-0.1, -0.05) is 27.5 Å². The van der Waals surface area contributed by atoms with E-state index >= 15 is 0 Å². The molecule has 0 spiro atoms. The van der Waals surface area contributed by atoms with Gasteiger partial charge in [0.15, 0.2) is 0 Å². The van der Waals surface area contributed by atoms with E-state index in [1.165, 1.54) is 18.6 Å². The lowest BCUT2D eigenvalue weighted by Gasteiger charge is -2.08. The van der Waals surface area contributed by atoms with Gasteiger partial charge in [0, 0.05) is 11.0 Å². The van der Waals surface area contributed by atoms with Gasteiger partial charge in [0.25, 0.3) is 0 Å². The Labute approximate surface area is 109 Å². The zero-order valence-electron chi connectivity index (χ0n) is 8.72. The first-order valence-corrected chi connectivity index (χ1v) is 7.48. The molecule has 84 valence electrons. The van der Waals surface area contributed by atoms with Crippen LogP contribution in [0.1, 0.15) is 12.8 Å². The van der Waals surface area contributed by atoms with E-state index in [2.05, 4.69) is 27.5 Å². The monoisotopic (exact) mass is 307 g/mol. The van der Waals surface area contributed by atoms with Crippen molar-refractivity contribution < 1.29 is 0 Å². The lowest BCUT2D eigenvalue weighted by atomic mass is 10.3. The van der Waals surface area contributed by atoms with E-state index in [0.29, 0.717) is 0 Å². The number of halogens is 2. The summed E-state index contributed by atoms with van der Waals surface area (Å²) in [5, 5.41) is 4.12. The fraction of sp³-hybridized carbons (Fsp3) is 0.455. The van der Waals surface area contributed by atoms with Crippen LogP contribution in [0.4, 0.5) is 5.69 Å². The Morgan fingerprint density at radius 2 is 2.20 bits per heavy atom. The molecule has 0 aliphatic rings. The summed E-state index contributed by atoms with van der Waals surface area (Å²) < 4.78 is 1.05. The number of unbranched alkanes of at least 4 members (excludes halogenated alkanes) is 1. The minimum atomic E-state index is 0.781.